The van der Waals surface area contributed by atoms with Crippen molar-refractivity contribution in [1.82, 2.24) is 9.97 Å². The van der Waals surface area contributed by atoms with Gasteiger partial charge < -0.3 is 4.74 Å². The minimum absolute atomic E-state index is 0.690. The average molecular weight is 599 g/mol. The first-order chi connectivity index (χ1) is 23.3. The first kappa shape index (κ1) is 26.0. The highest BCUT2D eigenvalue weighted by molar-refractivity contribution is 6.25. The molecule has 0 saturated carbocycles. The van der Waals surface area contributed by atoms with Crippen molar-refractivity contribution in [2.24, 2.45) is 0 Å². The smallest absolute Gasteiger partial charge is 0.160 e. The van der Waals surface area contributed by atoms with Crippen molar-refractivity contribution in [2.75, 3.05) is 0 Å². The molecular formula is C44H26N2O. The van der Waals surface area contributed by atoms with Crippen LogP contribution in [0.2, 0.25) is 0 Å². The molecule has 0 atom stereocenters. The molecule has 1 aliphatic heterocycles. The zero-order chi connectivity index (χ0) is 30.9. The van der Waals surface area contributed by atoms with E-state index in [1.165, 1.54) is 43.3 Å². The van der Waals surface area contributed by atoms with Crippen LogP contribution in [0.5, 0.6) is 11.5 Å². The molecular weight excluding hydrogens is 572 g/mol. The highest BCUT2D eigenvalue weighted by Crippen LogP contribution is 2.47. The normalized spacial score (nSPS) is 12.0. The maximum atomic E-state index is 6.52. The van der Waals surface area contributed by atoms with Crippen LogP contribution in [0.4, 0.5) is 0 Å². The lowest BCUT2D eigenvalue weighted by molar-refractivity contribution is 0.487. The molecule has 1 aliphatic rings. The van der Waals surface area contributed by atoms with Crippen molar-refractivity contribution in [3.63, 3.8) is 0 Å². The summed E-state index contributed by atoms with van der Waals surface area (Å²) in [4.78, 5) is 10.3. The van der Waals surface area contributed by atoms with Gasteiger partial charge in [-0.3, -0.25) is 0 Å². The third-order valence-corrected chi connectivity index (χ3v) is 9.45. The van der Waals surface area contributed by atoms with Crippen LogP contribution in [0.1, 0.15) is 0 Å². The van der Waals surface area contributed by atoms with Crippen molar-refractivity contribution < 1.29 is 4.74 Å². The fraction of sp³-hybridized carbons (Fsp3) is 0. The van der Waals surface area contributed by atoms with E-state index in [2.05, 4.69) is 133 Å². The Kier molecular flexibility index (Phi) is 5.57. The maximum absolute atomic E-state index is 6.52. The number of hydrogen-bond acceptors (Lipinski definition) is 3. The predicted octanol–water partition coefficient (Wildman–Crippen LogP) is 11.9. The molecule has 3 heteroatoms. The Morgan fingerprint density at radius 1 is 0.362 bits per heavy atom. The molecule has 47 heavy (non-hydrogen) atoms. The van der Waals surface area contributed by atoms with Gasteiger partial charge >= 0.3 is 0 Å². The van der Waals surface area contributed by atoms with Crippen LogP contribution in [0.25, 0.3) is 88.1 Å². The maximum Gasteiger partial charge on any atom is 0.160 e. The van der Waals surface area contributed by atoms with Gasteiger partial charge in [0.1, 0.15) is 11.5 Å². The van der Waals surface area contributed by atoms with Crippen LogP contribution in [-0.4, -0.2) is 9.97 Å². The molecule has 2 heterocycles. The van der Waals surface area contributed by atoms with Crippen molar-refractivity contribution in [1.29, 1.82) is 0 Å². The summed E-state index contributed by atoms with van der Waals surface area (Å²) in [5.74, 6) is 2.40. The molecule has 9 aromatic rings. The highest BCUT2D eigenvalue weighted by atomic mass is 16.5. The van der Waals surface area contributed by atoms with Crippen LogP contribution in [0.3, 0.4) is 0 Å². The van der Waals surface area contributed by atoms with Gasteiger partial charge in [-0.1, -0.05) is 127 Å². The second-order valence-electron chi connectivity index (χ2n) is 12.2. The summed E-state index contributed by atoms with van der Waals surface area (Å²) in [6, 6.07) is 55.5. The van der Waals surface area contributed by atoms with Gasteiger partial charge in [-0.05, 0) is 73.6 Å². The Morgan fingerprint density at radius 3 is 1.68 bits per heavy atom. The second-order valence-corrected chi connectivity index (χ2v) is 12.2. The summed E-state index contributed by atoms with van der Waals surface area (Å²) in [5, 5.41) is 9.81. The SMILES string of the molecule is c1ccc(-c2nc(-c3ccc4c(c3)Oc3cccc5cccc-4c35)cc(-c3ccc4c5ccccc5c5ccccc5c4c3)n2)cc1. The molecule has 3 nitrogen and oxygen atoms in total. The lowest BCUT2D eigenvalue weighted by atomic mass is 9.92. The zero-order valence-corrected chi connectivity index (χ0v) is 25.3. The van der Waals surface area contributed by atoms with E-state index in [0.717, 1.165) is 50.5 Å². The Balaban J connectivity index is 1.17. The number of rotatable bonds is 3. The van der Waals surface area contributed by atoms with E-state index in [4.69, 9.17) is 14.7 Å². The van der Waals surface area contributed by atoms with E-state index in [0.29, 0.717) is 5.82 Å². The zero-order valence-electron chi connectivity index (χ0n) is 25.3. The molecule has 0 saturated heterocycles. The van der Waals surface area contributed by atoms with E-state index in [1.807, 2.05) is 24.3 Å². The average Bonchev–Trinajstić information content (AvgIpc) is 3.15. The first-order valence-electron chi connectivity index (χ1n) is 15.9. The summed E-state index contributed by atoms with van der Waals surface area (Å²) < 4.78 is 6.52. The Morgan fingerprint density at radius 2 is 0.957 bits per heavy atom. The second kappa shape index (κ2) is 10.1. The van der Waals surface area contributed by atoms with E-state index in [1.54, 1.807) is 0 Å². The molecule has 0 unspecified atom stereocenters. The highest BCUT2D eigenvalue weighted by Gasteiger charge is 2.21. The van der Waals surface area contributed by atoms with Gasteiger partial charge in [0.05, 0.1) is 11.4 Å². The molecule has 0 N–H and O–H groups in total. The standard InChI is InChI=1S/C44H26N2O/c1-2-10-28(11-3-1)44-45-39(29-20-22-35-33-16-5-4-14-31(33)32-15-6-7-17-34(32)38(35)24-29)26-40(46-44)30-21-23-36-37-18-8-12-27-13-9-19-41(43(27)37)47-42(36)25-30/h1-26H. The molecule has 218 valence electrons. The Bertz CT molecular complexity index is 2670. The Labute approximate surface area is 271 Å². The molecule has 8 aromatic carbocycles. The first-order valence-corrected chi connectivity index (χ1v) is 15.9. The number of ether oxygens (including phenoxy) is 1. The largest absolute Gasteiger partial charge is 0.456 e. The van der Waals surface area contributed by atoms with E-state index < -0.39 is 0 Å². The number of fused-ring (bicyclic) bond motifs is 8. The molecule has 1 aromatic heterocycles. The minimum atomic E-state index is 0.690. The van der Waals surface area contributed by atoms with Crippen LogP contribution >= 0.6 is 0 Å². The van der Waals surface area contributed by atoms with Gasteiger partial charge in [-0.15, -0.1) is 0 Å². The van der Waals surface area contributed by atoms with Crippen LogP contribution in [-0.2, 0) is 0 Å². The van der Waals surface area contributed by atoms with Crippen molar-refractivity contribution >= 4 is 43.1 Å². The number of aromatic nitrogens is 2. The molecule has 0 spiro atoms. The lowest BCUT2D eigenvalue weighted by Crippen LogP contribution is -1.99. The minimum Gasteiger partial charge on any atom is -0.456 e. The molecule has 0 amide bonds. The fourth-order valence-corrected chi connectivity index (χ4v) is 7.25. The number of benzene rings is 8. The number of nitrogens with zero attached hydrogens (tertiary/aromatic N) is 2. The van der Waals surface area contributed by atoms with Gasteiger partial charge in [0.15, 0.2) is 5.82 Å². The van der Waals surface area contributed by atoms with Crippen molar-refractivity contribution in [2.45, 2.75) is 0 Å². The van der Waals surface area contributed by atoms with Crippen molar-refractivity contribution in [3.05, 3.63) is 158 Å². The van der Waals surface area contributed by atoms with Crippen LogP contribution in [0, 0.1) is 0 Å². The molecule has 0 aliphatic carbocycles. The summed E-state index contributed by atoms with van der Waals surface area (Å²) >= 11 is 0. The third-order valence-electron chi connectivity index (χ3n) is 9.45. The number of hydrogen-bond donors (Lipinski definition) is 0. The van der Waals surface area contributed by atoms with Gasteiger partial charge in [0.25, 0.3) is 0 Å². The van der Waals surface area contributed by atoms with Gasteiger partial charge in [0.2, 0.25) is 0 Å². The van der Waals surface area contributed by atoms with Gasteiger partial charge in [0, 0.05) is 27.6 Å². The molecule has 0 bridgehead atoms. The molecule has 0 fully saturated rings. The summed E-state index contributed by atoms with van der Waals surface area (Å²) in [7, 11) is 0. The predicted molar refractivity (Wildman–Crippen MR) is 194 cm³/mol. The van der Waals surface area contributed by atoms with Gasteiger partial charge in [-0.25, -0.2) is 9.97 Å². The molecule has 0 radical (unpaired) electrons. The van der Waals surface area contributed by atoms with Gasteiger partial charge in [-0.2, -0.15) is 0 Å². The fourth-order valence-electron chi connectivity index (χ4n) is 7.25. The summed E-state index contributed by atoms with van der Waals surface area (Å²) in [6.45, 7) is 0. The topological polar surface area (TPSA) is 35.0 Å². The summed E-state index contributed by atoms with van der Waals surface area (Å²) in [6.07, 6.45) is 0. The van der Waals surface area contributed by atoms with E-state index in [9.17, 15) is 0 Å². The van der Waals surface area contributed by atoms with E-state index in [-0.39, 0.29) is 0 Å². The van der Waals surface area contributed by atoms with E-state index >= 15 is 0 Å². The van der Waals surface area contributed by atoms with Crippen molar-refractivity contribution in [3.8, 4) is 56.5 Å². The van der Waals surface area contributed by atoms with Crippen LogP contribution < -0.4 is 4.74 Å². The molecule has 10 rings (SSSR count). The quantitative estimate of drug-likeness (QED) is 0.190. The lowest BCUT2D eigenvalue weighted by Gasteiger charge is -2.22. The monoisotopic (exact) mass is 598 g/mol. The Hall–Kier alpha value is -6.32. The third kappa shape index (κ3) is 4.07. The van der Waals surface area contributed by atoms with Crippen LogP contribution in [0.15, 0.2) is 158 Å². The summed E-state index contributed by atoms with van der Waals surface area (Å²) in [5.41, 5.74) is 7.01.